The van der Waals surface area contributed by atoms with Gasteiger partial charge in [0.2, 0.25) is 0 Å². The Balaban J connectivity index is 1.46. The van der Waals surface area contributed by atoms with E-state index in [0.29, 0.717) is 11.1 Å². The van der Waals surface area contributed by atoms with E-state index >= 15 is 0 Å². The average molecular weight is 427 g/mol. The van der Waals surface area contributed by atoms with Gasteiger partial charge in [0.25, 0.3) is 0 Å². The smallest absolute Gasteiger partial charge is 0.321 e. The van der Waals surface area contributed by atoms with Crippen molar-refractivity contribution in [3.05, 3.63) is 58.6 Å². The highest BCUT2D eigenvalue weighted by atomic mass is 35.5. The molecule has 0 bridgehead atoms. The maximum atomic E-state index is 13.1. The van der Waals surface area contributed by atoms with Crippen LogP contribution in [-0.4, -0.2) is 61.1 Å². The van der Waals surface area contributed by atoms with Crippen molar-refractivity contribution in [3.63, 3.8) is 0 Å². The number of halogens is 1. The van der Waals surface area contributed by atoms with Crippen LogP contribution in [0.25, 0.3) is 0 Å². The zero-order chi connectivity index (χ0) is 21.1. The van der Waals surface area contributed by atoms with Gasteiger partial charge in [-0.2, -0.15) is 0 Å². The van der Waals surface area contributed by atoms with Crippen LogP contribution < -0.4 is 10.2 Å². The first kappa shape index (κ1) is 21.0. The van der Waals surface area contributed by atoms with Gasteiger partial charge in [0, 0.05) is 45.3 Å². The molecule has 30 heavy (non-hydrogen) atoms. The lowest BCUT2D eigenvalue weighted by atomic mass is 10.0. The van der Waals surface area contributed by atoms with Crippen LogP contribution in [0.2, 0.25) is 5.02 Å². The van der Waals surface area contributed by atoms with Crippen molar-refractivity contribution in [2.45, 2.75) is 32.7 Å². The molecule has 1 saturated heterocycles. The Bertz CT molecular complexity index is 866. The summed E-state index contributed by atoms with van der Waals surface area (Å²) < 4.78 is 0. The van der Waals surface area contributed by atoms with Gasteiger partial charge in [0.1, 0.15) is 0 Å². The first-order chi connectivity index (χ1) is 14.5. The molecule has 4 rings (SSSR count). The summed E-state index contributed by atoms with van der Waals surface area (Å²) in [6, 6.07) is 14.8. The molecular weight excluding hydrogens is 396 g/mol. The van der Waals surface area contributed by atoms with Crippen molar-refractivity contribution in [2.75, 3.05) is 49.5 Å². The summed E-state index contributed by atoms with van der Waals surface area (Å²) in [6.45, 7) is 9.80. The van der Waals surface area contributed by atoms with E-state index in [9.17, 15) is 4.79 Å². The van der Waals surface area contributed by atoms with E-state index in [1.807, 2.05) is 17.0 Å². The lowest BCUT2D eigenvalue weighted by Gasteiger charge is -2.39. The molecule has 0 unspecified atom stereocenters. The van der Waals surface area contributed by atoms with Crippen molar-refractivity contribution in [1.29, 1.82) is 0 Å². The van der Waals surface area contributed by atoms with Crippen molar-refractivity contribution in [2.24, 2.45) is 0 Å². The first-order valence-electron chi connectivity index (χ1n) is 10.9. The summed E-state index contributed by atoms with van der Waals surface area (Å²) >= 11 is 6.55. The molecule has 2 aliphatic heterocycles. The van der Waals surface area contributed by atoms with Crippen molar-refractivity contribution in [1.82, 2.24) is 9.80 Å². The lowest BCUT2D eigenvalue weighted by molar-refractivity contribution is 0.209. The molecule has 1 N–H and O–H groups in total. The van der Waals surface area contributed by atoms with Gasteiger partial charge >= 0.3 is 6.03 Å². The number of benzene rings is 2. The Morgan fingerprint density at radius 3 is 2.13 bits per heavy atom. The summed E-state index contributed by atoms with van der Waals surface area (Å²) in [4.78, 5) is 19.8. The predicted molar refractivity (Wildman–Crippen MR) is 125 cm³/mol. The zero-order valence-electron chi connectivity index (χ0n) is 17.9. The second-order valence-corrected chi connectivity index (χ2v) is 8.84. The Kier molecular flexibility index (Phi) is 6.49. The number of nitrogens with zero attached hydrogens (tertiary/aromatic N) is 3. The molecule has 1 fully saturated rings. The highest BCUT2D eigenvalue weighted by Crippen LogP contribution is 2.34. The number of urea groups is 1. The monoisotopic (exact) mass is 426 g/mol. The maximum absolute atomic E-state index is 13.1. The molecule has 0 aliphatic carbocycles. The van der Waals surface area contributed by atoms with Crippen LogP contribution in [0, 0.1) is 0 Å². The third-order valence-corrected chi connectivity index (χ3v) is 6.63. The third kappa shape index (κ3) is 4.57. The topological polar surface area (TPSA) is 38.8 Å². The molecule has 0 radical (unpaired) electrons. The average Bonchev–Trinajstić information content (AvgIpc) is 2.98. The number of hydrogen-bond acceptors (Lipinski definition) is 3. The number of piperazine rings is 1. The SMILES string of the molecule is CC(C)N1CCN(c2cccc(Cl)c2NC(=O)N2CCc3ccccc3CC2)CC1. The van der Waals surface area contributed by atoms with Gasteiger partial charge in [-0.15, -0.1) is 0 Å². The van der Waals surface area contributed by atoms with E-state index in [4.69, 9.17) is 11.6 Å². The van der Waals surface area contributed by atoms with Gasteiger partial charge in [-0.25, -0.2) is 4.79 Å². The van der Waals surface area contributed by atoms with Crippen LogP contribution in [0.15, 0.2) is 42.5 Å². The molecule has 6 heteroatoms. The molecule has 160 valence electrons. The predicted octanol–water partition coefficient (Wildman–Crippen LogP) is 4.50. The number of nitrogens with one attached hydrogen (secondary N) is 1. The fraction of sp³-hybridized carbons (Fsp3) is 0.458. The number of carbonyl (C=O) groups excluding carboxylic acids is 1. The summed E-state index contributed by atoms with van der Waals surface area (Å²) in [5, 5.41) is 3.72. The summed E-state index contributed by atoms with van der Waals surface area (Å²) in [5.41, 5.74) is 4.42. The number of rotatable bonds is 3. The lowest BCUT2D eigenvalue weighted by Crippen LogP contribution is -2.49. The minimum atomic E-state index is -0.0713. The van der Waals surface area contributed by atoms with Gasteiger partial charge in [-0.1, -0.05) is 41.9 Å². The fourth-order valence-electron chi connectivity index (χ4n) is 4.44. The molecule has 0 aromatic heterocycles. The van der Waals surface area contributed by atoms with E-state index in [1.165, 1.54) is 11.1 Å². The van der Waals surface area contributed by atoms with Crippen molar-refractivity contribution >= 4 is 29.0 Å². The van der Waals surface area contributed by atoms with E-state index < -0.39 is 0 Å². The Labute approximate surface area is 184 Å². The van der Waals surface area contributed by atoms with Crippen molar-refractivity contribution < 1.29 is 4.79 Å². The van der Waals surface area contributed by atoms with Crippen LogP contribution in [0.3, 0.4) is 0 Å². The number of para-hydroxylation sites is 1. The molecule has 0 saturated carbocycles. The maximum Gasteiger partial charge on any atom is 0.321 e. The third-order valence-electron chi connectivity index (χ3n) is 6.32. The van der Waals surface area contributed by atoms with Crippen LogP contribution in [0.4, 0.5) is 16.2 Å². The van der Waals surface area contributed by atoms with E-state index in [1.54, 1.807) is 0 Å². The Morgan fingerprint density at radius 1 is 0.900 bits per heavy atom. The summed E-state index contributed by atoms with van der Waals surface area (Å²) in [7, 11) is 0. The van der Waals surface area contributed by atoms with Gasteiger partial charge in [0.15, 0.2) is 0 Å². The molecule has 0 spiro atoms. The molecule has 2 heterocycles. The molecule has 5 nitrogen and oxygen atoms in total. The molecule has 2 aliphatic rings. The van der Waals surface area contributed by atoms with E-state index in [-0.39, 0.29) is 6.03 Å². The highest BCUT2D eigenvalue weighted by Gasteiger charge is 2.24. The van der Waals surface area contributed by atoms with E-state index in [2.05, 4.69) is 59.3 Å². The zero-order valence-corrected chi connectivity index (χ0v) is 18.7. The van der Waals surface area contributed by atoms with Gasteiger partial charge < -0.3 is 15.1 Å². The first-order valence-corrected chi connectivity index (χ1v) is 11.3. The molecular formula is C24H31ClN4O. The summed E-state index contributed by atoms with van der Waals surface area (Å²) in [6.07, 6.45) is 1.77. The van der Waals surface area contributed by atoms with Gasteiger partial charge in [0.05, 0.1) is 16.4 Å². The normalized spacial score (nSPS) is 17.6. The number of fused-ring (bicyclic) bond motifs is 1. The van der Waals surface area contributed by atoms with Crippen LogP contribution in [0.1, 0.15) is 25.0 Å². The van der Waals surface area contributed by atoms with Gasteiger partial charge in [-0.3, -0.25) is 4.90 Å². The van der Waals surface area contributed by atoms with Crippen molar-refractivity contribution in [3.8, 4) is 0 Å². The van der Waals surface area contributed by atoms with Crippen LogP contribution >= 0.6 is 11.6 Å². The second kappa shape index (κ2) is 9.27. The quantitative estimate of drug-likeness (QED) is 0.785. The standard InChI is InChI=1S/C24H31ClN4O/c1-18(2)27-14-16-28(17-15-27)22-9-5-8-21(25)23(22)26-24(30)29-12-10-19-6-3-4-7-20(19)11-13-29/h3-9,18H,10-17H2,1-2H3,(H,26,30). The molecule has 2 amide bonds. The largest absolute Gasteiger partial charge is 0.367 e. The minimum Gasteiger partial charge on any atom is -0.367 e. The fourth-order valence-corrected chi connectivity index (χ4v) is 4.65. The van der Waals surface area contributed by atoms with Gasteiger partial charge in [-0.05, 0) is 49.9 Å². The Hall–Kier alpha value is -2.24. The van der Waals surface area contributed by atoms with Crippen LogP contribution in [0.5, 0.6) is 0 Å². The Morgan fingerprint density at radius 2 is 1.53 bits per heavy atom. The number of anilines is 2. The minimum absolute atomic E-state index is 0.0713. The highest BCUT2D eigenvalue weighted by molar-refractivity contribution is 6.34. The molecule has 2 aromatic rings. The number of carbonyl (C=O) groups is 1. The molecule has 2 aromatic carbocycles. The number of hydrogen-bond donors (Lipinski definition) is 1. The van der Waals surface area contributed by atoms with Crippen LogP contribution in [-0.2, 0) is 12.8 Å². The molecule has 0 atom stereocenters. The number of amides is 2. The second-order valence-electron chi connectivity index (χ2n) is 8.44. The van der Waals surface area contributed by atoms with E-state index in [0.717, 1.165) is 63.5 Å². The summed E-state index contributed by atoms with van der Waals surface area (Å²) in [5.74, 6) is 0.